The maximum atomic E-state index is 5.17. The van der Waals surface area contributed by atoms with Crippen molar-refractivity contribution in [2.24, 2.45) is 0 Å². The average molecular weight is 212 g/mol. The zero-order valence-electron chi connectivity index (χ0n) is 8.72. The predicted octanol–water partition coefficient (Wildman–Crippen LogP) is 1.08. The Balaban J connectivity index is 1.96. The molecule has 1 rings (SSSR count). The van der Waals surface area contributed by atoms with Crippen LogP contribution < -0.4 is 10.6 Å². The van der Waals surface area contributed by atoms with E-state index in [4.69, 9.17) is 6.42 Å². The molecule has 1 atom stereocenters. The molecule has 3 heteroatoms. The summed E-state index contributed by atoms with van der Waals surface area (Å²) < 4.78 is 0. The SMILES string of the molecule is C#CCSCCNC1CCCNCC1. The zero-order chi connectivity index (χ0) is 10.1. The van der Waals surface area contributed by atoms with Gasteiger partial charge in [0.25, 0.3) is 0 Å². The van der Waals surface area contributed by atoms with Crippen LogP contribution in [0.4, 0.5) is 0 Å². The van der Waals surface area contributed by atoms with Crippen LogP contribution in [0.15, 0.2) is 0 Å². The fourth-order valence-electron chi connectivity index (χ4n) is 1.69. The first-order valence-corrected chi connectivity index (χ1v) is 6.54. The van der Waals surface area contributed by atoms with Crippen LogP contribution in [0, 0.1) is 12.3 Å². The Bertz CT molecular complexity index is 169. The number of rotatable bonds is 5. The summed E-state index contributed by atoms with van der Waals surface area (Å²) in [6, 6.07) is 0.719. The molecule has 0 amide bonds. The maximum absolute atomic E-state index is 5.17. The molecule has 0 aromatic rings. The van der Waals surface area contributed by atoms with Gasteiger partial charge in [-0.25, -0.2) is 0 Å². The van der Waals surface area contributed by atoms with E-state index in [0.717, 1.165) is 30.6 Å². The second-order valence-corrected chi connectivity index (χ2v) is 4.69. The highest BCUT2D eigenvalue weighted by molar-refractivity contribution is 7.99. The Labute approximate surface area is 91.6 Å². The number of thioether (sulfide) groups is 1. The number of hydrogen-bond acceptors (Lipinski definition) is 3. The van der Waals surface area contributed by atoms with Crippen molar-refractivity contribution in [1.29, 1.82) is 0 Å². The van der Waals surface area contributed by atoms with Crippen molar-refractivity contribution < 1.29 is 0 Å². The summed E-state index contributed by atoms with van der Waals surface area (Å²) in [5, 5.41) is 7.01. The van der Waals surface area contributed by atoms with Crippen molar-refractivity contribution in [2.45, 2.75) is 25.3 Å². The zero-order valence-corrected chi connectivity index (χ0v) is 9.54. The van der Waals surface area contributed by atoms with E-state index in [-0.39, 0.29) is 0 Å². The van der Waals surface area contributed by atoms with E-state index in [2.05, 4.69) is 16.6 Å². The summed E-state index contributed by atoms with van der Waals surface area (Å²) in [5.74, 6) is 4.62. The molecule has 1 aliphatic heterocycles. The normalized spacial score (nSPS) is 22.6. The topological polar surface area (TPSA) is 24.1 Å². The highest BCUT2D eigenvalue weighted by Crippen LogP contribution is 2.05. The molecule has 0 spiro atoms. The van der Waals surface area contributed by atoms with E-state index >= 15 is 0 Å². The molecular formula is C11H20N2S. The summed E-state index contributed by atoms with van der Waals surface area (Å²) in [4.78, 5) is 0. The molecular weight excluding hydrogens is 192 g/mol. The standard InChI is InChI=1S/C11H20N2S/c1-2-9-14-10-8-13-11-4-3-6-12-7-5-11/h1,11-13H,3-10H2. The van der Waals surface area contributed by atoms with Crippen molar-refractivity contribution >= 4 is 11.8 Å². The Morgan fingerprint density at radius 1 is 1.43 bits per heavy atom. The molecule has 0 aliphatic carbocycles. The molecule has 2 N–H and O–H groups in total. The summed E-state index contributed by atoms with van der Waals surface area (Å²) >= 11 is 1.83. The van der Waals surface area contributed by atoms with Crippen molar-refractivity contribution in [3.63, 3.8) is 0 Å². The quantitative estimate of drug-likeness (QED) is 0.527. The molecule has 14 heavy (non-hydrogen) atoms. The first kappa shape index (κ1) is 11.9. The number of terminal acetylenes is 1. The summed E-state index contributed by atoms with van der Waals surface area (Å²) in [6.45, 7) is 3.44. The van der Waals surface area contributed by atoms with E-state index in [9.17, 15) is 0 Å². The van der Waals surface area contributed by atoms with Crippen molar-refractivity contribution in [1.82, 2.24) is 10.6 Å². The van der Waals surface area contributed by atoms with Crippen molar-refractivity contribution in [3.8, 4) is 12.3 Å². The highest BCUT2D eigenvalue weighted by atomic mass is 32.2. The molecule has 1 saturated heterocycles. The van der Waals surface area contributed by atoms with Gasteiger partial charge in [-0.15, -0.1) is 18.2 Å². The first-order chi connectivity index (χ1) is 6.93. The second-order valence-electron chi connectivity index (χ2n) is 3.59. The lowest BCUT2D eigenvalue weighted by atomic mass is 10.1. The minimum absolute atomic E-state index is 0.719. The van der Waals surface area contributed by atoms with Gasteiger partial charge in [-0.1, -0.05) is 5.92 Å². The van der Waals surface area contributed by atoms with Gasteiger partial charge in [0, 0.05) is 18.3 Å². The van der Waals surface area contributed by atoms with Crippen LogP contribution >= 0.6 is 11.8 Å². The Morgan fingerprint density at radius 2 is 2.36 bits per heavy atom. The molecule has 0 radical (unpaired) electrons. The molecule has 0 aromatic heterocycles. The fourth-order valence-corrected chi connectivity index (χ4v) is 2.21. The lowest BCUT2D eigenvalue weighted by Gasteiger charge is -2.15. The molecule has 80 valence electrons. The third-order valence-corrected chi connectivity index (χ3v) is 3.30. The maximum Gasteiger partial charge on any atom is 0.0545 e. The van der Waals surface area contributed by atoms with Crippen LogP contribution in [0.5, 0.6) is 0 Å². The van der Waals surface area contributed by atoms with Crippen LogP contribution in [-0.2, 0) is 0 Å². The molecule has 0 saturated carbocycles. The van der Waals surface area contributed by atoms with Crippen LogP contribution in [0.3, 0.4) is 0 Å². The summed E-state index contributed by atoms with van der Waals surface area (Å²) in [5.41, 5.74) is 0. The van der Waals surface area contributed by atoms with Gasteiger partial charge in [0.1, 0.15) is 0 Å². The van der Waals surface area contributed by atoms with Crippen molar-refractivity contribution in [3.05, 3.63) is 0 Å². The molecule has 1 fully saturated rings. The molecule has 1 unspecified atom stereocenters. The van der Waals surface area contributed by atoms with Gasteiger partial charge in [0.15, 0.2) is 0 Å². The Kier molecular flexibility index (Phi) is 6.94. The number of hydrogen-bond donors (Lipinski definition) is 2. The highest BCUT2D eigenvalue weighted by Gasteiger charge is 2.09. The predicted molar refractivity (Wildman–Crippen MR) is 64.7 cm³/mol. The van der Waals surface area contributed by atoms with E-state index in [1.807, 2.05) is 11.8 Å². The monoisotopic (exact) mass is 212 g/mol. The van der Waals surface area contributed by atoms with E-state index < -0.39 is 0 Å². The largest absolute Gasteiger partial charge is 0.317 e. The second kappa shape index (κ2) is 8.16. The van der Waals surface area contributed by atoms with Crippen LogP contribution in [0.2, 0.25) is 0 Å². The fraction of sp³-hybridized carbons (Fsp3) is 0.818. The van der Waals surface area contributed by atoms with Crippen LogP contribution in [0.25, 0.3) is 0 Å². The van der Waals surface area contributed by atoms with Crippen LogP contribution in [0.1, 0.15) is 19.3 Å². The minimum Gasteiger partial charge on any atom is -0.317 e. The van der Waals surface area contributed by atoms with Gasteiger partial charge in [-0.2, -0.15) is 0 Å². The van der Waals surface area contributed by atoms with Gasteiger partial charge in [-0.05, 0) is 32.4 Å². The first-order valence-electron chi connectivity index (χ1n) is 5.39. The average Bonchev–Trinajstić information content (AvgIpc) is 2.46. The van der Waals surface area contributed by atoms with E-state index in [0.29, 0.717) is 0 Å². The van der Waals surface area contributed by atoms with Gasteiger partial charge < -0.3 is 10.6 Å². The van der Waals surface area contributed by atoms with Gasteiger partial charge in [-0.3, -0.25) is 0 Å². The summed E-state index contributed by atoms with van der Waals surface area (Å²) in [7, 11) is 0. The van der Waals surface area contributed by atoms with Crippen molar-refractivity contribution in [2.75, 3.05) is 31.1 Å². The lowest BCUT2D eigenvalue weighted by molar-refractivity contribution is 0.484. The van der Waals surface area contributed by atoms with Crippen LogP contribution in [-0.4, -0.2) is 37.2 Å². The smallest absolute Gasteiger partial charge is 0.0545 e. The van der Waals surface area contributed by atoms with E-state index in [1.54, 1.807) is 0 Å². The van der Waals surface area contributed by atoms with E-state index in [1.165, 1.54) is 25.8 Å². The molecule has 0 aromatic carbocycles. The van der Waals surface area contributed by atoms with Gasteiger partial charge >= 0.3 is 0 Å². The lowest BCUT2D eigenvalue weighted by Crippen LogP contribution is -2.31. The molecule has 2 nitrogen and oxygen atoms in total. The minimum atomic E-state index is 0.719. The molecule has 1 heterocycles. The third-order valence-electron chi connectivity index (χ3n) is 2.44. The summed E-state index contributed by atoms with van der Waals surface area (Å²) in [6.07, 6.45) is 9.05. The molecule has 0 bridgehead atoms. The number of nitrogens with one attached hydrogen (secondary N) is 2. The van der Waals surface area contributed by atoms with Gasteiger partial charge in [0.2, 0.25) is 0 Å². The van der Waals surface area contributed by atoms with Gasteiger partial charge in [0.05, 0.1) is 5.75 Å². The molecule has 1 aliphatic rings. The third kappa shape index (κ3) is 5.54. The Hall–Kier alpha value is -0.170. The Morgan fingerprint density at radius 3 is 3.21 bits per heavy atom.